The Labute approximate surface area is 68.0 Å². The van der Waals surface area contributed by atoms with E-state index in [2.05, 4.69) is 0 Å². The first-order chi connectivity index (χ1) is 5.55. The second kappa shape index (κ2) is 2.90. The molecule has 12 heavy (non-hydrogen) atoms. The average molecular weight is 170 g/mol. The smallest absolute Gasteiger partial charge is 0.166 e. The predicted molar refractivity (Wildman–Crippen MR) is 39.4 cm³/mol. The summed E-state index contributed by atoms with van der Waals surface area (Å²) in [4.78, 5) is 0. The van der Waals surface area contributed by atoms with Crippen LogP contribution in [0.4, 0.5) is 13.2 Å². The molecule has 0 aromatic heterocycles. The number of terminal acetylenes is 1. The highest BCUT2D eigenvalue weighted by molar-refractivity contribution is 5.41. The van der Waals surface area contributed by atoms with E-state index < -0.39 is 11.7 Å². The van der Waals surface area contributed by atoms with Crippen molar-refractivity contribution in [2.24, 2.45) is 0 Å². The monoisotopic (exact) mass is 170 g/mol. The molecule has 0 bridgehead atoms. The zero-order valence-electron chi connectivity index (χ0n) is 6.02. The Kier molecular flexibility index (Phi) is 2.09. The van der Waals surface area contributed by atoms with E-state index in [9.17, 15) is 13.2 Å². The summed E-state index contributed by atoms with van der Waals surface area (Å²) < 4.78 is 36.4. The fourth-order valence-corrected chi connectivity index (χ4v) is 0.856. The highest BCUT2D eigenvalue weighted by Gasteiger charge is 2.32. The van der Waals surface area contributed by atoms with Crippen LogP contribution in [0.3, 0.4) is 0 Å². The highest BCUT2D eigenvalue weighted by Crippen LogP contribution is 2.31. The van der Waals surface area contributed by atoms with E-state index in [0.717, 1.165) is 6.07 Å². The fraction of sp³-hybridized carbons (Fsp3) is 0.111. The first-order valence-electron chi connectivity index (χ1n) is 3.18. The van der Waals surface area contributed by atoms with Gasteiger partial charge in [-0.2, -0.15) is 13.2 Å². The maximum atomic E-state index is 12.1. The Balaban J connectivity index is 3.26. The van der Waals surface area contributed by atoms with Crippen LogP contribution in [-0.4, -0.2) is 0 Å². The van der Waals surface area contributed by atoms with E-state index in [0.29, 0.717) is 0 Å². The van der Waals surface area contributed by atoms with E-state index in [-0.39, 0.29) is 5.56 Å². The minimum Gasteiger partial charge on any atom is -0.166 e. The summed E-state index contributed by atoms with van der Waals surface area (Å²) in [5.74, 6) is 1.98. The van der Waals surface area contributed by atoms with Gasteiger partial charge in [-0.3, -0.25) is 0 Å². The zero-order valence-corrected chi connectivity index (χ0v) is 6.02. The van der Waals surface area contributed by atoms with Gasteiger partial charge in [0, 0.05) is 5.56 Å². The summed E-state index contributed by atoms with van der Waals surface area (Å²) in [7, 11) is 0. The second-order valence-corrected chi connectivity index (χ2v) is 2.19. The van der Waals surface area contributed by atoms with E-state index in [1.165, 1.54) is 18.2 Å². The Bertz CT molecular complexity index is 317. The molecule has 1 aromatic carbocycles. The van der Waals surface area contributed by atoms with Crippen LogP contribution in [0.5, 0.6) is 0 Å². The molecule has 3 heteroatoms. The molecule has 0 N–H and O–H groups in total. The summed E-state index contributed by atoms with van der Waals surface area (Å²) in [6.45, 7) is 0. The molecular formula is C9H5F3. The van der Waals surface area contributed by atoms with Crippen LogP contribution in [0.15, 0.2) is 24.3 Å². The summed E-state index contributed by atoms with van der Waals surface area (Å²) in [5.41, 5.74) is -0.877. The third-order valence-electron chi connectivity index (χ3n) is 1.39. The molecule has 0 saturated heterocycles. The molecule has 0 unspecified atom stereocenters. The third-order valence-corrected chi connectivity index (χ3v) is 1.39. The fourth-order valence-electron chi connectivity index (χ4n) is 0.856. The van der Waals surface area contributed by atoms with E-state index in [1.807, 2.05) is 5.92 Å². The summed E-state index contributed by atoms with van der Waals surface area (Å²) in [6, 6.07) is 5.02. The highest BCUT2D eigenvalue weighted by atomic mass is 19.4. The molecule has 0 radical (unpaired) electrons. The van der Waals surface area contributed by atoms with E-state index >= 15 is 0 Å². The standard InChI is InChI=1S/C9H5F3/c1-2-7-5-3-4-6-8(7)9(10,11)12/h1,3-6H. The molecule has 0 fully saturated rings. The van der Waals surface area contributed by atoms with Crippen molar-refractivity contribution in [1.29, 1.82) is 0 Å². The third kappa shape index (κ3) is 1.59. The molecule has 0 aliphatic heterocycles. The molecule has 1 rings (SSSR count). The maximum absolute atomic E-state index is 12.1. The minimum atomic E-state index is -4.36. The van der Waals surface area contributed by atoms with Crippen molar-refractivity contribution < 1.29 is 13.2 Å². The Morgan fingerprint density at radius 3 is 2.17 bits per heavy atom. The summed E-state index contributed by atoms with van der Waals surface area (Å²) in [6.07, 6.45) is 0.539. The Hall–Kier alpha value is -1.43. The van der Waals surface area contributed by atoms with Crippen LogP contribution in [0.1, 0.15) is 11.1 Å². The van der Waals surface area contributed by atoms with Gasteiger partial charge in [0.15, 0.2) is 0 Å². The van der Waals surface area contributed by atoms with Crippen molar-refractivity contribution in [3.63, 3.8) is 0 Å². The molecule has 0 saturated carbocycles. The molecule has 0 aliphatic rings. The molecular weight excluding hydrogens is 165 g/mol. The van der Waals surface area contributed by atoms with Gasteiger partial charge in [-0.15, -0.1) is 6.42 Å². The number of benzene rings is 1. The number of rotatable bonds is 0. The molecule has 62 valence electrons. The van der Waals surface area contributed by atoms with Crippen molar-refractivity contribution in [3.8, 4) is 12.3 Å². The van der Waals surface area contributed by atoms with Gasteiger partial charge >= 0.3 is 6.18 Å². The largest absolute Gasteiger partial charge is 0.417 e. The number of hydrogen-bond acceptors (Lipinski definition) is 0. The molecule has 0 aliphatic carbocycles. The van der Waals surface area contributed by atoms with Gasteiger partial charge < -0.3 is 0 Å². The average Bonchev–Trinajstić information content (AvgIpc) is 2.03. The van der Waals surface area contributed by atoms with E-state index in [1.54, 1.807) is 0 Å². The first-order valence-corrected chi connectivity index (χ1v) is 3.18. The Morgan fingerprint density at radius 1 is 1.17 bits per heavy atom. The number of alkyl halides is 3. The van der Waals surface area contributed by atoms with Crippen molar-refractivity contribution in [1.82, 2.24) is 0 Å². The number of halogens is 3. The van der Waals surface area contributed by atoms with Gasteiger partial charge in [0.05, 0.1) is 5.56 Å². The lowest BCUT2D eigenvalue weighted by Gasteiger charge is -2.07. The van der Waals surface area contributed by atoms with Crippen molar-refractivity contribution >= 4 is 0 Å². The van der Waals surface area contributed by atoms with Crippen molar-refractivity contribution in [2.75, 3.05) is 0 Å². The van der Waals surface area contributed by atoms with Crippen LogP contribution in [-0.2, 0) is 6.18 Å². The first kappa shape index (κ1) is 8.66. The lowest BCUT2D eigenvalue weighted by molar-refractivity contribution is -0.137. The summed E-state index contributed by atoms with van der Waals surface area (Å²) in [5, 5.41) is 0. The molecule has 0 amide bonds. The van der Waals surface area contributed by atoms with Gasteiger partial charge in [0.1, 0.15) is 0 Å². The lowest BCUT2D eigenvalue weighted by Crippen LogP contribution is -2.06. The second-order valence-electron chi connectivity index (χ2n) is 2.19. The lowest BCUT2D eigenvalue weighted by atomic mass is 10.1. The number of hydrogen-bond donors (Lipinski definition) is 0. The maximum Gasteiger partial charge on any atom is 0.417 e. The molecule has 0 heterocycles. The molecule has 0 spiro atoms. The van der Waals surface area contributed by atoms with Gasteiger partial charge in [-0.25, -0.2) is 0 Å². The van der Waals surface area contributed by atoms with E-state index in [4.69, 9.17) is 6.42 Å². The predicted octanol–water partition coefficient (Wildman–Crippen LogP) is 2.69. The normalized spacial score (nSPS) is 10.8. The van der Waals surface area contributed by atoms with Crippen LogP contribution in [0.25, 0.3) is 0 Å². The molecule has 0 nitrogen and oxygen atoms in total. The van der Waals surface area contributed by atoms with Crippen LogP contribution < -0.4 is 0 Å². The van der Waals surface area contributed by atoms with Crippen molar-refractivity contribution in [2.45, 2.75) is 6.18 Å². The van der Waals surface area contributed by atoms with Gasteiger partial charge in [-0.05, 0) is 12.1 Å². The quantitative estimate of drug-likeness (QED) is 0.525. The van der Waals surface area contributed by atoms with Crippen LogP contribution >= 0.6 is 0 Å². The Morgan fingerprint density at radius 2 is 1.75 bits per heavy atom. The minimum absolute atomic E-state index is 0.120. The van der Waals surface area contributed by atoms with Gasteiger partial charge in [-0.1, -0.05) is 18.1 Å². The molecule has 0 atom stereocenters. The SMILES string of the molecule is C#Cc1ccccc1C(F)(F)F. The van der Waals surface area contributed by atoms with Gasteiger partial charge in [0.2, 0.25) is 0 Å². The topological polar surface area (TPSA) is 0 Å². The van der Waals surface area contributed by atoms with Crippen LogP contribution in [0.2, 0.25) is 0 Å². The van der Waals surface area contributed by atoms with Gasteiger partial charge in [0.25, 0.3) is 0 Å². The molecule has 1 aromatic rings. The zero-order chi connectivity index (χ0) is 9.19. The van der Waals surface area contributed by atoms with Crippen LogP contribution in [0, 0.1) is 12.3 Å². The summed E-state index contributed by atoms with van der Waals surface area (Å²) >= 11 is 0. The van der Waals surface area contributed by atoms with Crippen molar-refractivity contribution in [3.05, 3.63) is 35.4 Å².